The van der Waals surface area contributed by atoms with E-state index in [-0.39, 0.29) is 6.04 Å². The summed E-state index contributed by atoms with van der Waals surface area (Å²) in [6.45, 7) is 2.24. The van der Waals surface area contributed by atoms with Crippen LogP contribution in [-0.2, 0) is 0 Å². The topological polar surface area (TPSA) is 12.4 Å². The first-order valence-electron chi connectivity index (χ1n) is 8.03. The highest BCUT2D eigenvalue weighted by Gasteiger charge is 2.10. The van der Waals surface area contributed by atoms with Crippen LogP contribution in [0.4, 0.5) is 0 Å². The van der Waals surface area contributed by atoms with E-state index in [1.165, 1.54) is 36.8 Å². The highest BCUT2D eigenvalue weighted by Crippen LogP contribution is 2.25. The smallest absolute Gasteiger partial charge is 0.0995 e. The van der Waals surface area contributed by atoms with Crippen LogP contribution in [0.3, 0.4) is 0 Å². The number of benzene rings is 2. The van der Waals surface area contributed by atoms with E-state index >= 15 is 0 Å². The maximum atomic E-state index is 4.84. The summed E-state index contributed by atoms with van der Waals surface area (Å²) in [5.41, 5.74) is 2.52. The number of hydrogen-bond donors (Lipinski definition) is 0. The van der Waals surface area contributed by atoms with Crippen LogP contribution < -0.4 is 0 Å². The molecule has 0 heterocycles. The van der Waals surface area contributed by atoms with E-state index in [0.717, 1.165) is 6.42 Å². The minimum Gasteiger partial charge on any atom is -0.285 e. The first-order chi connectivity index (χ1) is 10.4. The van der Waals surface area contributed by atoms with Crippen molar-refractivity contribution < 1.29 is 0 Å². The van der Waals surface area contributed by atoms with Crippen molar-refractivity contribution in [3.8, 4) is 0 Å². The number of rotatable bonds is 8. The molecule has 0 saturated carbocycles. The van der Waals surface area contributed by atoms with Gasteiger partial charge in [-0.1, -0.05) is 86.8 Å². The lowest BCUT2D eigenvalue weighted by molar-refractivity contribution is 0.684. The van der Waals surface area contributed by atoms with Crippen molar-refractivity contribution in [2.45, 2.75) is 45.1 Å². The average Bonchev–Trinajstić information content (AvgIpc) is 2.56. The first kappa shape index (κ1) is 15.5. The predicted molar refractivity (Wildman–Crippen MR) is 92.0 cm³/mol. The minimum absolute atomic E-state index is 0.124. The summed E-state index contributed by atoms with van der Waals surface area (Å²) < 4.78 is 0. The maximum Gasteiger partial charge on any atom is 0.0995 e. The average molecular weight is 279 g/mol. The Labute approximate surface area is 128 Å². The summed E-state index contributed by atoms with van der Waals surface area (Å²) >= 11 is 0. The molecule has 0 aliphatic carbocycles. The molecule has 0 atom stereocenters. The van der Waals surface area contributed by atoms with Crippen molar-refractivity contribution in [1.29, 1.82) is 0 Å². The molecule has 2 aromatic rings. The monoisotopic (exact) mass is 279 g/mol. The minimum atomic E-state index is 0.124. The number of aliphatic imine (C=N–C) groups is 1. The second kappa shape index (κ2) is 9.12. The van der Waals surface area contributed by atoms with E-state index < -0.39 is 0 Å². The fraction of sp³-hybridized carbons (Fsp3) is 0.350. The molecular weight excluding hydrogens is 254 g/mol. The fourth-order valence-corrected chi connectivity index (χ4v) is 2.48. The second-order valence-corrected chi connectivity index (χ2v) is 5.40. The zero-order valence-electron chi connectivity index (χ0n) is 12.9. The van der Waals surface area contributed by atoms with Crippen LogP contribution in [0, 0.1) is 0 Å². The number of hydrogen-bond acceptors (Lipinski definition) is 1. The molecule has 1 nitrogen and oxygen atoms in total. The lowest BCUT2D eigenvalue weighted by atomic mass is 9.99. The van der Waals surface area contributed by atoms with Crippen LogP contribution in [0.5, 0.6) is 0 Å². The molecule has 21 heavy (non-hydrogen) atoms. The van der Waals surface area contributed by atoms with E-state index in [1.807, 2.05) is 0 Å². The molecule has 110 valence electrons. The Bertz CT molecular complexity index is 477. The fourth-order valence-electron chi connectivity index (χ4n) is 2.48. The van der Waals surface area contributed by atoms with Gasteiger partial charge in [0.05, 0.1) is 6.04 Å². The van der Waals surface area contributed by atoms with Gasteiger partial charge in [-0.2, -0.15) is 0 Å². The van der Waals surface area contributed by atoms with Gasteiger partial charge in [0.1, 0.15) is 0 Å². The molecule has 2 aromatic carbocycles. The molecule has 1 heteroatoms. The molecule has 2 rings (SSSR count). The predicted octanol–water partition coefficient (Wildman–Crippen LogP) is 5.82. The van der Waals surface area contributed by atoms with Gasteiger partial charge in [-0.15, -0.1) is 0 Å². The summed E-state index contributed by atoms with van der Waals surface area (Å²) in [5, 5.41) is 0. The summed E-state index contributed by atoms with van der Waals surface area (Å²) in [4.78, 5) is 4.84. The van der Waals surface area contributed by atoms with Crippen LogP contribution >= 0.6 is 0 Å². The highest BCUT2D eigenvalue weighted by molar-refractivity contribution is 5.58. The largest absolute Gasteiger partial charge is 0.285 e. The van der Waals surface area contributed by atoms with E-state index in [4.69, 9.17) is 4.99 Å². The summed E-state index contributed by atoms with van der Waals surface area (Å²) in [5.74, 6) is 0. The Morgan fingerprint density at radius 2 is 1.38 bits per heavy atom. The molecule has 0 saturated heterocycles. The molecule has 0 fully saturated rings. The van der Waals surface area contributed by atoms with Crippen molar-refractivity contribution in [1.82, 2.24) is 0 Å². The Balaban J connectivity index is 2.05. The highest BCUT2D eigenvalue weighted by atomic mass is 14.8. The Hall–Kier alpha value is -1.89. The van der Waals surface area contributed by atoms with E-state index in [9.17, 15) is 0 Å². The maximum absolute atomic E-state index is 4.84. The summed E-state index contributed by atoms with van der Waals surface area (Å²) in [7, 11) is 0. The van der Waals surface area contributed by atoms with Crippen LogP contribution in [0.25, 0.3) is 0 Å². The van der Waals surface area contributed by atoms with Crippen molar-refractivity contribution in [3.05, 3.63) is 71.8 Å². The molecule has 0 aliphatic heterocycles. The number of nitrogens with zero attached hydrogens (tertiary/aromatic N) is 1. The quantitative estimate of drug-likeness (QED) is 0.426. The van der Waals surface area contributed by atoms with Gasteiger partial charge in [0.25, 0.3) is 0 Å². The Morgan fingerprint density at radius 3 is 1.90 bits per heavy atom. The number of unbranched alkanes of at least 4 members (excludes halogenated alkanes) is 4. The van der Waals surface area contributed by atoms with Crippen LogP contribution in [0.1, 0.15) is 56.2 Å². The third-order valence-electron chi connectivity index (χ3n) is 3.67. The Kier molecular flexibility index (Phi) is 6.73. The zero-order valence-corrected chi connectivity index (χ0v) is 12.9. The van der Waals surface area contributed by atoms with E-state index in [0.29, 0.717) is 0 Å². The molecule has 0 bridgehead atoms. The molecule has 0 aliphatic rings. The van der Waals surface area contributed by atoms with Gasteiger partial charge in [0.15, 0.2) is 0 Å². The van der Waals surface area contributed by atoms with Gasteiger partial charge in [-0.25, -0.2) is 0 Å². The molecule has 0 N–H and O–H groups in total. The van der Waals surface area contributed by atoms with Crippen molar-refractivity contribution in [2.24, 2.45) is 4.99 Å². The van der Waals surface area contributed by atoms with Gasteiger partial charge in [-0.05, 0) is 30.2 Å². The Morgan fingerprint density at radius 1 is 0.810 bits per heavy atom. The third-order valence-corrected chi connectivity index (χ3v) is 3.67. The van der Waals surface area contributed by atoms with E-state index in [1.54, 1.807) is 0 Å². The van der Waals surface area contributed by atoms with Crippen molar-refractivity contribution in [3.63, 3.8) is 0 Å². The van der Waals surface area contributed by atoms with Gasteiger partial charge in [0, 0.05) is 0 Å². The summed E-state index contributed by atoms with van der Waals surface area (Å²) in [6, 6.07) is 21.2. The van der Waals surface area contributed by atoms with Crippen molar-refractivity contribution in [2.75, 3.05) is 0 Å². The van der Waals surface area contributed by atoms with E-state index in [2.05, 4.69) is 73.8 Å². The normalized spacial score (nSPS) is 11.3. The molecule has 0 aromatic heterocycles. The standard InChI is InChI=1S/C20H25N/c1-2-3-4-5-12-17-21-20(18-13-8-6-9-14-18)19-15-10-7-11-16-19/h6-11,13-17,20H,2-5,12H2,1H3/b21-17-. The molecule has 0 amide bonds. The van der Waals surface area contributed by atoms with Crippen LogP contribution in [0.2, 0.25) is 0 Å². The summed E-state index contributed by atoms with van der Waals surface area (Å²) in [6.07, 6.45) is 8.36. The molecule has 0 radical (unpaired) electrons. The van der Waals surface area contributed by atoms with Crippen LogP contribution in [-0.4, -0.2) is 6.21 Å². The second-order valence-electron chi connectivity index (χ2n) is 5.40. The van der Waals surface area contributed by atoms with Gasteiger partial charge < -0.3 is 0 Å². The van der Waals surface area contributed by atoms with Gasteiger partial charge >= 0.3 is 0 Å². The third kappa shape index (κ3) is 5.18. The van der Waals surface area contributed by atoms with Crippen LogP contribution in [0.15, 0.2) is 65.7 Å². The molecule has 0 unspecified atom stereocenters. The van der Waals surface area contributed by atoms with Gasteiger partial charge in [0.2, 0.25) is 0 Å². The first-order valence-corrected chi connectivity index (χ1v) is 8.03. The molecule has 0 spiro atoms. The SMILES string of the molecule is CCCCCC/C=N\C(c1ccccc1)c1ccccc1. The van der Waals surface area contributed by atoms with Gasteiger partial charge in [-0.3, -0.25) is 4.99 Å². The zero-order chi connectivity index (χ0) is 14.8. The van der Waals surface area contributed by atoms with Crippen molar-refractivity contribution >= 4 is 6.21 Å². The lowest BCUT2D eigenvalue weighted by Gasteiger charge is -2.13. The lowest BCUT2D eigenvalue weighted by Crippen LogP contribution is -1.98. The molecular formula is C20H25N.